The number of benzene rings is 2. The molecule has 0 radical (unpaired) electrons. The van der Waals surface area contributed by atoms with E-state index in [-0.39, 0.29) is 18.4 Å². The molecular formula is C19H21ClN2O2. The van der Waals surface area contributed by atoms with Crippen molar-refractivity contribution in [3.8, 4) is 0 Å². The van der Waals surface area contributed by atoms with Crippen LogP contribution in [-0.2, 0) is 16.0 Å². The Bertz CT molecular complexity index is 717. The molecule has 2 amide bonds. The minimum atomic E-state index is -0.185. The summed E-state index contributed by atoms with van der Waals surface area (Å²) >= 11 is 5.95. The molecule has 0 aliphatic rings. The molecule has 24 heavy (non-hydrogen) atoms. The molecule has 0 saturated heterocycles. The topological polar surface area (TPSA) is 49.4 Å². The molecule has 2 aromatic carbocycles. The molecule has 0 spiro atoms. The Hall–Kier alpha value is -2.33. The molecule has 0 fully saturated rings. The van der Waals surface area contributed by atoms with Crippen LogP contribution in [0.4, 0.5) is 5.69 Å². The molecule has 0 aromatic heterocycles. The van der Waals surface area contributed by atoms with Crippen molar-refractivity contribution < 1.29 is 9.59 Å². The van der Waals surface area contributed by atoms with Gasteiger partial charge in [0.25, 0.3) is 0 Å². The number of carbonyl (C=O) groups excluding carboxylic acids is 2. The van der Waals surface area contributed by atoms with Crippen molar-refractivity contribution >= 4 is 29.1 Å². The van der Waals surface area contributed by atoms with Gasteiger partial charge in [0.1, 0.15) is 6.54 Å². The molecule has 126 valence electrons. The summed E-state index contributed by atoms with van der Waals surface area (Å²) in [6, 6.07) is 15.2. The second kappa shape index (κ2) is 8.50. The number of rotatable bonds is 6. The van der Waals surface area contributed by atoms with Crippen molar-refractivity contribution in [1.82, 2.24) is 5.32 Å². The third-order valence-electron chi connectivity index (χ3n) is 3.71. The number of amides is 2. The first-order chi connectivity index (χ1) is 11.5. The molecule has 2 aromatic rings. The molecule has 0 saturated carbocycles. The van der Waals surface area contributed by atoms with Crippen LogP contribution in [0.15, 0.2) is 48.5 Å². The SMILES string of the molecule is CC(=O)N(CC(=O)NCCc1ccccc1)c1ccc(Cl)cc1C. The van der Waals surface area contributed by atoms with Crippen LogP contribution in [0.25, 0.3) is 0 Å². The minimum Gasteiger partial charge on any atom is -0.354 e. The van der Waals surface area contributed by atoms with E-state index in [2.05, 4.69) is 5.32 Å². The largest absolute Gasteiger partial charge is 0.354 e. The molecule has 0 atom stereocenters. The van der Waals surface area contributed by atoms with E-state index in [9.17, 15) is 9.59 Å². The van der Waals surface area contributed by atoms with E-state index in [1.165, 1.54) is 11.8 Å². The standard InChI is InChI=1S/C19H21ClN2O2/c1-14-12-17(20)8-9-18(14)22(15(2)23)13-19(24)21-11-10-16-6-4-3-5-7-16/h3-9,12H,10-11,13H2,1-2H3,(H,21,24). The number of anilines is 1. The molecule has 0 heterocycles. The summed E-state index contributed by atoms with van der Waals surface area (Å²) in [5.41, 5.74) is 2.72. The molecule has 2 rings (SSSR count). The number of aryl methyl sites for hydroxylation is 1. The van der Waals surface area contributed by atoms with Crippen LogP contribution in [0, 0.1) is 6.92 Å². The quantitative estimate of drug-likeness (QED) is 0.873. The molecule has 0 aliphatic carbocycles. The highest BCUT2D eigenvalue weighted by Gasteiger charge is 2.17. The van der Waals surface area contributed by atoms with Crippen LogP contribution >= 0.6 is 11.6 Å². The van der Waals surface area contributed by atoms with E-state index < -0.39 is 0 Å². The molecule has 0 bridgehead atoms. The number of carbonyl (C=O) groups is 2. The lowest BCUT2D eigenvalue weighted by molar-refractivity contribution is -0.123. The number of halogens is 1. The first kappa shape index (κ1) is 18.0. The zero-order chi connectivity index (χ0) is 17.5. The third kappa shape index (κ3) is 5.10. The van der Waals surface area contributed by atoms with Crippen LogP contribution in [0.5, 0.6) is 0 Å². The highest BCUT2D eigenvalue weighted by atomic mass is 35.5. The van der Waals surface area contributed by atoms with Crippen molar-refractivity contribution in [2.24, 2.45) is 0 Å². The fourth-order valence-corrected chi connectivity index (χ4v) is 2.70. The molecule has 4 nitrogen and oxygen atoms in total. The zero-order valence-electron chi connectivity index (χ0n) is 13.9. The average Bonchev–Trinajstić information content (AvgIpc) is 2.54. The first-order valence-electron chi connectivity index (χ1n) is 7.82. The second-order valence-corrected chi connectivity index (χ2v) is 6.06. The lowest BCUT2D eigenvalue weighted by atomic mass is 10.1. The normalized spacial score (nSPS) is 10.3. The Morgan fingerprint density at radius 2 is 1.83 bits per heavy atom. The molecule has 0 unspecified atom stereocenters. The first-order valence-corrected chi connectivity index (χ1v) is 8.20. The highest BCUT2D eigenvalue weighted by molar-refractivity contribution is 6.30. The maximum atomic E-state index is 12.2. The number of hydrogen-bond acceptors (Lipinski definition) is 2. The van der Waals surface area contributed by atoms with Crippen molar-refractivity contribution in [3.05, 3.63) is 64.7 Å². The predicted octanol–water partition coefficient (Wildman–Crippen LogP) is 3.36. The van der Waals surface area contributed by atoms with Crippen LogP contribution in [0.1, 0.15) is 18.1 Å². The van der Waals surface area contributed by atoms with Gasteiger partial charge in [0.05, 0.1) is 0 Å². The van der Waals surface area contributed by atoms with Gasteiger partial charge in [-0.25, -0.2) is 0 Å². The summed E-state index contributed by atoms with van der Waals surface area (Å²) in [6.07, 6.45) is 0.757. The fourth-order valence-electron chi connectivity index (χ4n) is 2.48. The van der Waals surface area contributed by atoms with Gasteiger partial charge in [-0.3, -0.25) is 9.59 Å². The van der Waals surface area contributed by atoms with Gasteiger partial charge in [-0.2, -0.15) is 0 Å². The van der Waals surface area contributed by atoms with E-state index in [1.807, 2.05) is 37.3 Å². The summed E-state index contributed by atoms with van der Waals surface area (Å²) in [4.78, 5) is 25.6. The molecular weight excluding hydrogens is 324 g/mol. The van der Waals surface area contributed by atoms with Crippen LogP contribution in [0.3, 0.4) is 0 Å². The molecule has 5 heteroatoms. The Morgan fingerprint density at radius 1 is 1.12 bits per heavy atom. The Balaban J connectivity index is 1.95. The minimum absolute atomic E-state index is 0.00735. The van der Waals surface area contributed by atoms with Gasteiger partial charge in [-0.05, 0) is 42.7 Å². The van der Waals surface area contributed by atoms with E-state index in [4.69, 9.17) is 11.6 Å². The maximum Gasteiger partial charge on any atom is 0.240 e. The van der Waals surface area contributed by atoms with E-state index >= 15 is 0 Å². The fraction of sp³-hybridized carbons (Fsp3) is 0.263. The number of hydrogen-bond donors (Lipinski definition) is 1. The maximum absolute atomic E-state index is 12.2. The van der Waals surface area contributed by atoms with Gasteiger partial charge in [-0.1, -0.05) is 41.9 Å². The van der Waals surface area contributed by atoms with Gasteiger partial charge in [0, 0.05) is 24.2 Å². The molecule has 1 N–H and O–H groups in total. The van der Waals surface area contributed by atoms with Crippen molar-refractivity contribution in [1.29, 1.82) is 0 Å². The smallest absolute Gasteiger partial charge is 0.240 e. The summed E-state index contributed by atoms with van der Waals surface area (Å²) in [5, 5.41) is 3.46. The van der Waals surface area contributed by atoms with Crippen LogP contribution in [0.2, 0.25) is 5.02 Å². The van der Waals surface area contributed by atoms with E-state index in [1.54, 1.807) is 18.2 Å². The second-order valence-electron chi connectivity index (χ2n) is 5.62. The van der Waals surface area contributed by atoms with Gasteiger partial charge in [0.2, 0.25) is 11.8 Å². The third-order valence-corrected chi connectivity index (χ3v) is 3.95. The predicted molar refractivity (Wildman–Crippen MR) is 97.4 cm³/mol. The van der Waals surface area contributed by atoms with Gasteiger partial charge in [0.15, 0.2) is 0 Å². The highest BCUT2D eigenvalue weighted by Crippen LogP contribution is 2.23. The van der Waals surface area contributed by atoms with Crippen LogP contribution in [-0.4, -0.2) is 24.9 Å². The van der Waals surface area contributed by atoms with Crippen molar-refractivity contribution in [3.63, 3.8) is 0 Å². The van der Waals surface area contributed by atoms with Crippen molar-refractivity contribution in [2.75, 3.05) is 18.0 Å². The summed E-state index contributed by atoms with van der Waals surface area (Å²) < 4.78 is 0. The van der Waals surface area contributed by atoms with Gasteiger partial charge < -0.3 is 10.2 Å². The Labute approximate surface area is 147 Å². The number of nitrogens with zero attached hydrogens (tertiary/aromatic N) is 1. The van der Waals surface area contributed by atoms with Gasteiger partial charge >= 0.3 is 0 Å². The Kier molecular flexibility index (Phi) is 6.38. The average molecular weight is 345 g/mol. The van der Waals surface area contributed by atoms with Crippen molar-refractivity contribution in [2.45, 2.75) is 20.3 Å². The lowest BCUT2D eigenvalue weighted by Crippen LogP contribution is -2.40. The zero-order valence-corrected chi connectivity index (χ0v) is 14.6. The van der Waals surface area contributed by atoms with E-state index in [0.29, 0.717) is 17.3 Å². The molecule has 0 aliphatic heterocycles. The summed E-state index contributed by atoms with van der Waals surface area (Å²) in [7, 11) is 0. The lowest BCUT2D eigenvalue weighted by Gasteiger charge is -2.22. The van der Waals surface area contributed by atoms with E-state index in [0.717, 1.165) is 17.5 Å². The monoisotopic (exact) mass is 344 g/mol. The Morgan fingerprint density at radius 3 is 2.46 bits per heavy atom. The van der Waals surface area contributed by atoms with Crippen LogP contribution < -0.4 is 10.2 Å². The summed E-state index contributed by atoms with van der Waals surface area (Å²) in [5.74, 6) is -0.367. The number of nitrogens with one attached hydrogen (secondary N) is 1. The van der Waals surface area contributed by atoms with Gasteiger partial charge in [-0.15, -0.1) is 0 Å². The summed E-state index contributed by atoms with van der Waals surface area (Å²) in [6.45, 7) is 3.84.